The van der Waals surface area contributed by atoms with Gasteiger partial charge in [0.1, 0.15) is 5.82 Å². The summed E-state index contributed by atoms with van der Waals surface area (Å²) in [6.07, 6.45) is 1.53. The minimum atomic E-state index is -0.271. The maximum absolute atomic E-state index is 13.9. The molecular formula is C21H24ClFN2O. The molecule has 0 saturated carbocycles. The molecule has 0 bridgehead atoms. The Morgan fingerprint density at radius 3 is 2.58 bits per heavy atom. The largest absolute Gasteiger partial charge is 0.326 e. The van der Waals surface area contributed by atoms with Gasteiger partial charge in [0.15, 0.2) is 0 Å². The number of carbonyl (C=O) groups is 1. The zero-order valence-electron chi connectivity index (χ0n) is 15.2. The molecule has 0 unspecified atom stereocenters. The lowest BCUT2D eigenvalue weighted by molar-refractivity contribution is -0.121. The molecule has 0 aliphatic carbocycles. The van der Waals surface area contributed by atoms with E-state index in [1.807, 2.05) is 25.1 Å². The zero-order chi connectivity index (χ0) is 18.7. The third-order valence-corrected chi connectivity index (χ3v) is 5.53. The lowest BCUT2D eigenvalue weighted by Gasteiger charge is -2.31. The second kappa shape index (κ2) is 8.19. The molecule has 2 aromatic rings. The number of rotatable bonds is 4. The van der Waals surface area contributed by atoms with E-state index in [0.29, 0.717) is 17.1 Å². The Balaban J connectivity index is 1.54. The Hall–Kier alpha value is -1.91. The smallest absolute Gasteiger partial charge is 0.227 e. The van der Waals surface area contributed by atoms with Crippen molar-refractivity contribution in [1.29, 1.82) is 0 Å². The molecule has 3 rings (SSSR count). The summed E-state index contributed by atoms with van der Waals surface area (Å²) in [4.78, 5) is 14.7. The van der Waals surface area contributed by atoms with Crippen molar-refractivity contribution < 1.29 is 9.18 Å². The first-order valence-electron chi connectivity index (χ1n) is 8.97. The number of hydrogen-bond donors (Lipinski definition) is 1. The van der Waals surface area contributed by atoms with Crippen molar-refractivity contribution in [3.05, 3.63) is 63.9 Å². The number of nitrogens with one attached hydrogen (secondary N) is 1. The quantitative estimate of drug-likeness (QED) is 0.821. The van der Waals surface area contributed by atoms with E-state index in [9.17, 15) is 9.18 Å². The number of carbonyl (C=O) groups excluding carboxylic acids is 1. The van der Waals surface area contributed by atoms with Gasteiger partial charge in [0, 0.05) is 28.7 Å². The highest BCUT2D eigenvalue weighted by Crippen LogP contribution is 2.25. The first-order valence-corrected chi connectivity index (χ1v) is 9.35. The molecule has 1 aliphatic rings. The molecule has 1 heterocycles. The summed E-state index contributed by atoms with van der Waals surface area (Å²) >= 11 is 6.11. The molecule has 0 radical (unpaired) electrons. The lowest BCUT2D eigenvalue weighted by atomic mass is 9.95. The molecule has 26 heavy (non-hydrogen) atoms. The summed E-state index contributed by atoms with van der Waals surface area (Å²) in [6, 6.07) is 10.7. The van der Waals surface area contributed by atoms with E-state index >= 15 is 0 Å². The molecule has 1 aliphatic heterocycles. The zero-order valence-corrected chi connectivity index (χ0v) is 15.9. The molecule has 1 N–H and O–H groups in total. The summed E-state index contributed by atoms with van der Waals surface area (Å²) in [5.74, 6) is -0.215. The number of likely N-dealkylation sites (tertiary alicyclic amines) is 1. The minimum absolute atomic E-state index is 0.0102. The fourth-order valence-corrected chi connectivity index (χ4v) is 3.55. The number of anilines is 1. The Morgan fingerprint density at radius 2 is 1.92 bits per heavy atom. The van der Waals surface area contributed by atoms with Gasteiger partial charge in [-0.2, -0.15) is 0 Å². The maximum atomic E-state index is 13.9. The van der Waals surface area contributed by atoms with Crippen LogP contribution in [0.25, 0.3) is 0 Å². The summed E-state index contributed by atoms with van der Waals surface area (Å²) in [5, 5.41) is 3.48. The molecule has 2 aromatic carbocycles. The van der Waals surface area contributed by atoms with Crippen LogP contribution in [0.4, 0.5) is 10.1 Å². The molecule has 3 nitrogen and oxygen atoms in total. The molecule has 5 heteroatoms. The number of aryl methyl sites for hydroxylation is 2. The summed E-state index contributed by atoms with van der Waals surface area (Å²) in [5.41, 5.74) is 3.76. The first-order chi connectivity index (χ1) is 12.4. The normalized spacial score (nSPS) is 15.8. The summed E-state index contributed by atoms with van der Waals surface area (Å²) in [6.45, 7) is 6.10. The van der Waals surface area contributed by atoms with Crippen LogP contribution in [0.1, 0.15) is 29.5 Å². The number of amides is 1. The molecule has 1 amide bonds. The van der Waals surface area contributed by atoms with Crippen molar-refractivity contribution in [2.45, 2.75) is 33.2 Å². The van der Waals surface area contributed by atoms with Crippen LogP contribution >= 0.6 is 11.6 Å². The molecular weight excluding hydrogens is 351 g/mol. The van der Waals surface area contributed by atoms with Gasteiger partial charge in [-0.15, -0.1) is 0 Å². The van der Waals surface area contributed by atoms with Gasteiger partial charge in [-0.05, 0) is 75.2 Å². The summed E-state index contributed by atoms with van der Waals surface area (Å²) in [7, 11) is 0. The van der Waals surface area contributed by atoms with Crippen LogP contribution in [0.5, 0.6) is 0 Å². The highest BCUT2D eigenvalue weighted by molar-refractivity contribution is 6.31. The van der Waals surface area contributed by atoms with Crippen LogP contribution in [0, 0.1) is 25.6 Å². The third kappa shape index (κ3) is 4.43. The molecule has 138 valence electrons. The molecule has 0 spiro atoms. The fraction of sp³-hybridized carbons (Fsp3) is 0.381. The average Bonchev–Trinajstić information content (AvgIpc) is 2.62. The van der Waals surface area contributed by atoms with Gasteiger partial charge in [-0.3, -0.25) is 9.69 Å². The van der Waals surface area contributed by atoms with Gasteiger partial charge in [0.2, 0.25) is 5.91 Å². The van der Waals surface area contributed by atoms with Crippen LogP contribution in [-0.2, 0) is 11.3 Å². The van der Waals surface area contributed by atoms with E-state index < -0.39 is 0 Å². The Bertz CT molecular complexity index is 780. The molecule has 0 aromatic heterocycles. The number of hydrogen-bond acceptors (Lipinski definition) is 2. The second-order valence-corrected chi connectivity index (χ2v) is 7.45. The van der Waals surface area contributed by atoms with Crippen LogP contribution < -0.4 is 5.32 Å². The van der Waals surface area contributed by atoms with Crippen molar-refractivity contribution in [2.75, 3.05) is 18.4 Å². The minimum Gasteiger partial charge on any atom is -0.326 e. The highest BCUT2D eigenvalue weighted by Gasteiger charge is 2.26. The van der Waals surface area contributed by atoms with E-state index in [-0.39, 0.29) is 17.6 Å². The lowest BCUT2D eigenvalue weighted by Crippen LogP contribution is -2.38. The van der Waals surface area contributed by atoms with Crippen molar-refractivity contribution >= 4 is 23.2 Å². The van der Waals surface area contributed by atoms with E-state index in [4.69, 9.17) is 11.6 Å². The van der Waals surface area contributed by atoms with E-state index in [0.717, 1.165) is 31.6 Å². The van der Waals surface area contributed by atoms with Crippen molar-refractivity contribution in [1.82, 2.24) is 4.90 Å². The van der Waals surface area contributed by atoms with E-state index in [2.05, 4.69) is 17.1 Å². The molecule has 0 atom stereocenters. The van der Waals surface area contributed by atoms with Crippen molar-refractivity contribution in [3.63, 3.8) is 0 Å². The van der Waals surface area contributed by atoms with E-state index in [1.54, 1.807) is 12.1 Å². The van der Waals surface area contributed by atoms with Gasteiger partial charge >= 0.3 is 0 Å². The Kier molecular flexibility index (Phi) is 5.94. The second-order valence-electron chi connectivity index (χ2n) is 7.04. The third-order valence-electron chi connectivity index (χ3n) is 5.18. The van der Waals surface area contributed by atoms with E-state index in [1.165, 1.54) is 17.2 Å². The van der Waals surface area contributed by atoms with Gasteiger partial charge in [-0.1, -0.05) is 23.7 Å². The van der Waals surface area contributed by atoms with Crippen molar-refractivity contribution in [2.24, 2.45) is 5.92 Å². The van der Waals surface area contributed by atoms with Gasteiger partial charge in [-0.25, -0.2) is 4.39 Å². The van der Waals surface area contributed by atoms with Crippen LogP contribution in [-0.4, -0.2) is 23.9 Å². The predicted octanol–water partition coefficient (Wildman–Crippen LogP) is 4.95. The highest BCUT2D eigenvalue weighted by atomic mass is 35.5. The predicted molar refractivity (Wildman–Crippen MR) is 104 cm³/mol. The van der Waals surface area contributed by atoms with Crippen LogP contribution in [0.3, 0.4) is 0 Å². The Labute approximate surface area is 159 Å². The first kappa shape index (κ1) is 18.9. The molecule has 1 fully saturated rings. The van der Waals surface area contributed by atoms with Gasteiger partial charge in [0.05, 0.1) is 0 Å². The maximum Gasteiger partial charge on any atom is 0.227 e. The number of nitrogens with zero attached hydrogens (tertiary/aromatic N) is 1. The monoisotopic (exact) mass is 374 g/mol. The number of piperidine rings is 1. The molecule has 1 saturated heterocycles. The summed E-state index contributed by atoms with van der Waals surface area (Å²) < 4.78 is 13.9. The Morgan fingerprint density at radius 1 is 1.19 bits per heavy atom. The number of benzene rings is 2. The standard InChI is InChI=1S/C21H24ClFN2O/c1-14-6-7-17(12-15(14)2)24-21(26)16-8-10-25(11-9-16)13-18-19(22)4-3-5-20(18)23/h3-7,12,16H,8-11,13H2,1-2H3,(H,24,26). The number of halogens is 2. The van der Waals surface area contributed by atoms with Gasteiger partial charge < -0.3 is 5.32 Å². The SMILES string of the molecule is Cc1ccc(NC(=O)C2CCN(Cc3c(F)cccc3Cl)CC2)cc1C. The fourth-order valence-electron chi connectivity index (χ4n) is 3.32. The average molecular weight is 375 g/mol. The van der Waals surface area contributed by atoms with Gasteiger partial charge in [0.25, 0.3) is 0 Å². The topological polar surface area (TPSA) is 32.3 Å². The van der Waals surface area contributed by atoms with Crippen LogP contribution in [0.2, 0.25) is 5.02 Å². The van der Waals surface area contributed by atoms with Crippen molar-refractivity contribution in [3.8, 4) is 0 Å². The van der Waals surface area contributed by atoms with Crippen LogP contribution in [0.15, 0.2) is 36.4 Å².